The SMILES string of the molecule is NCCNC(=O)CS(=O)c1cc(Cl)ccc1Cl. The lowest BCUT2D eigenvalue weighted by atomic mass is 10.4. The van der Waals surface area contributed by atoms with E-state index >= 15 is 0 Å². The van der Waals surface area contributed by atoms with E-state index in [9.17, 15) is 9.00 Å². The van der Waals surface area contributed by atoms with Crippen molar-refractivity contribution in [2.24, 2.45) is 5.73 Å². The number of halogens is 2. The van der Waals surface area contributed by atoms with Crippen molar-refractivity contribution < 1.29 is 9.00 Å². The van der Waals surface area contributed by atoms with Crippen LogP contribution in [0.1, 0.15) is 0 Å². The maximum atomic E-state index is 11.9. The van der Waals surface area contributed by atoms with E-state index in [-0.39, 0.29) is 11.7 Å². The van der Waals surface area contributed by atoms with Crippen LogP contribution < -0.4 is 11.1 Å². The Kier molecular flexibility index (Phi) is 5.91. The number of amides is 1. The van der Waals surface area contributed by atoms with E-state index < -0.39 is 10.8 Å². The first-order valence-electron chi connectivity index (χ1n) is 4.84. The number of carbonyl (C=O) groups is 1. The number of nitrogens with one attached hydrogen (secondary N) is 1. The van der Waals surface area contributed by atoms with Gasteiger partial charge in [-0.3, -0.25) is 9.00 Å². The number of hydrogen-bond donors (Lipinski definition) is 2. The summed E-state index contributed by atoms with van der Waals surface area (Å²) in [7, 11) is -1.51. The highest BCUT2D eigenvalue weighted by Gasteiger charge is 2.13. The molecular weight excluding hydrogens is 283 g/mol. The molecule has 1 atom stereocenters. The smallest absolute Gasteiger partial charge is 0.233 e. The zero-order valence-electron chi connectivity index (χ0n) is 8.91. The largest absolute Gasteiger partial charge is 0.354 e. The van der Waals surface area contributed by atoms with Crippen molar-refractivity contribution in [3.05, 3.63) is 28.2 Å². The minimum atomic E-state index is -1.51. The van der Waals surface area contributed by atoms with Crippen molar-refractivity contribution in [3.8, 4) is 0 Å². The van der Waals surface area contributed by atoms with Crippen molar-refractivity contribution in [2.75, 3.05) is 18.8 Å². The van der Waals surface area contributed by atoms with Crippen LogP contribution >= 0.6 is 23.2 Å². The van der Waals surface area contributed by atoms with Crippen molar-refractivity contribution in [1.29, 1.82) is 0 Å². The predicted octanol–water partition coefficient (Wildman–Crippen LogP) is 1.18. The van der Waals surface area contributed by atoms with Crippen LogP contribution in [0.2, 0.25) is 10.0 Å². The average molecular weight is 295 g/mol. The Morgan fingerprint density at radius 2 is 2.12 bits per heavy atom. The van der Waals surface area contributed by atoms with Gasteiger partial charge >= 0.3 is 0 Å². The summed E-state index contributed by atoms with van der Waals surface area (Å²) in [4.78, 5) is 11.7. The molecule has 7 heteroatoms. The fourth-order valence-electron chi connectivity index (χ4n) is 1.11. The van der Waals surface area contributed by atoms with Gasteiger partial charge in [0.15, 0.2) is 0 Å². The molecule has 3 N–H and O–H groups in total. The molecule has 0 aliphatic carbocycles. The molecule has 0 saturated heterocycles. The van der Waals surface area contributed by atoms with E-state index in [0.29, 0.717) is 28.0 Å². The van der Waals surface area contributed by atoms with Crippen molar-refractivity contribution in [1.82, 2.24) is 5.32 Å². The minimum Gasteiger partial charge on any atom is -0.354 e. The monoisotopic (exact) mass is 294 g/mol. The molecule has 4 nitrogen and oxygen atoms in total. The summed E-state index contributed by atoms with van der Waals surface area (Å²) in [5, 5.41) is 3.30. The Labute approximate surface area is 112 Å². The molecule has 1 aromatic rings. The van der Waals surface area contributed by atoms with E-state index in [0.717, 1.165) is 0 Å². The van der Waals surface area contributed by atoms with Crippen LogP contribution in [0.3, 0.4) is 0 Å². The van der Waals surface area contributed by atoms with Gasteiger partial charge in [-0.15, -0.1) is 0 Å². The second kappa shape index (κ2) is 6.96. The number of carbonyl (C=O) groups excluding carboxylic acids is 1. The Hall–Kier alpha value is -0.620. The lowest BCUT2D eigenvalue weighted by Crippen LogP contribution is -2.32. The quantitative estimate of drug-likeness (QED) is 0.856. The first-order chi connectivity index (χ1) is 8.04. The first kappa shape index (κ1) is 14.4. The number of benzene rings is 1. The fraction of sp³-hybridized carbons (Fsp3) is 0.300. The van der Waals surface area contributed by atoms with Gasteiger partial charge in [0.2, 0.25) is 5.91 Å². The van der Waals surface area contributed by atoms with E-state index in [4.69, 9.17) is 28.9 Å². The van der Waals surface area contributed by atoms with E-state index in [1.165, 1.54) is 6.07 Å². The Balaban J connectivity index is 2.69. The maximum absolute atomic E-state index is 11.9. The summed E-state index contributed by atoms with van der Waals surface area (Å²) in [5.74, 6) is -0.482. The Morgan fingerprint density at radius 3 is 2.76 bits per heavy atom. The zero-order valence-corrected chi connectivity index (χ0v) is 11.2. The summed E-state index contributed by atoms with van der Waals surface area (Å²) < 4.78 is 11.9. The van der Waals surface area contributed by atoms with Gasteiger partial charge < -0.3 is 11.1 Å². The summed E-state index contributed by atoms with van der Waals surface area (Å²) in [5.41, 5.74) is 5.23. The molecule has 1 amide bonds. The van der Waals surface area contributed by atoms with E-state index in [1.54, 1.807) is 12.1 Å². The second-order valence-electron chi connectivity index (χ2n) is 3.20. The van der Waals surface area contributed by atoms with Crippen LogP contribution in [0.4, 0.5) is 0 Å². The lowest BCUT2D eigenvalue weighted by molar-refractivity contribution is -0.118. The van der Waals surface area contributed by atoms with Crippen LogP contribution in [0.5, 0.6) is 0 Å². The maximum Gasteiger partial charge on any atom is 0.233 e. The lowest BCUT2D eigenvalue weighted by Gasteiger charge is -2.06. The normalized spacial score (nSPS) is 12.2. The van der Waals surface area contributed by atoms with Gasteiger partial charge in [-0.1, -0.05) is 23.2 Å². The highest BCUT2D eigenvalue weighted by atomic mass is 35.5. The van der Waals surface area contributed by atoms with Crippen LogP contribution in [-0.2, 0) is 15.6 Å². The standard InChI is InChI=1S/C10H12Cl2N2O2S/c11-7-1-2-8(12)9(5-7)17(16)6-10(15)14-4-3-13/h1-2,5H,3-4,6,13H2,(H,14,15). The predicted molar refractivity (Wildman–Crippen MR) is 69.8 cm³/mol. The molecule has 0 saturated carbocycles. The molecule has 1 rings (SSSR count). The number of hydrogen-bond acceptors (Lipinski definition) is 3. The van der Waals surface area contributed by atoms with Crippen LogP contribution in [0, 0.1) is 0 Å². The third kappa shape index (κ3) is 4.63. The van der Waals surface area contributed by atoms with Gasteiger partial charge in [0, 0.05) is 18.1 Å². The molecule has 0 radical (unpaired) electrons. The van der Waals surface area contributed by atoms with Crippen molar-refractivity contribution >= 4 is 39.9 Å². The van der Waals surface area contributed by atoms with Gasteiger partial charge in [0.1, 0.15) is 5.75 Å². The molecule has 0 spiro atoms. The molecule has 94 valence electrons. The molecular formula is C10H12Cl2N2O2S. The summed E-state index contributed by atoms with van der Waals surface area (Å²) in [6, 6.07) is 4.64. The molecule has 0 aliphatic rings. The topological polar surface area (TPSA) is 72.2 Å². The molecule has 0 heterocycles. The highest BCUT2D eigenvalue weighted by Crippen LogP contribution is 2.23. The third-order valence-corrected chi connectivity index (χ3v) is 3.90. The fourth-order valence-corrected chi connectivity index (χ4v) is 2.76. The molecule has 1 aromatic carbocycles. The average Bonchev–Trinajstić information content (AvgIpc) is 2.29. The summed E-state index contributed by atoms with van der Waals surface area (Å²) in [6.07, 6.45) is 0. The van der Waals surface area contributed by atoms with Crippen molar-refractivity contribution in [3.63, 3.8) is 0 Å². The van der Waals surface area contributed by atoms with Crippen LogP contribution in [0.15, 0.2) is 23.1 Å². The number of nitrogens with two attached hydrogens (primary N) is 1. The minimum absolute atomic E-state index is 0.153. The van der Waals surface area contributed by atoms with Gasteiger partial charge in [-0.25, -0.2) is 0 Å². The number of rotatable bonds is 5. The van der Waals surface area contributed by atoms with Crippen LogP contribution in [-0.4, -0.2) is 29.0 Å². The summed E-state index contributed by atoms with van der Waals surface area (Å²) in [6.45, 7) is 0.704. The first-order valence-corrected chi connectivity index (χ1v) is 6.92. The third-order valence-electron chi connectivity index (χ3n) is 1.87. The van der Waals surface area contributed by atoms with Crippen LogP contribution in [0.25, 0.3) is 0 Å². The van der Waals surface area contributed by atoms with Gasteiger partial charge in [-0.05, 0) is 18.2 Å². The van der Waals surface area contributed by atoms with Gasteiger partial charge in [0.25, 0.3) is 0 Å². The second-order valence-corrected chi connectivity index (χ2v) is 5.47. The summed E-state index contributed by atoms with van der Waals surface area (Å²) >= 11 is 11.6. The molecule has 0 fully saturated rings. The van der Waals surface area contributed by atoms with E-state index in [2.05, 4.69) is 5.32 Å². The zero-order chi connectivity index (χ0) is 12.8. The molecule has 1 unspecified atom stereocenters. The van der Waals surface area contributed by atoms with Gasteiger partial charge in [-0.2, -0.15) is 0 Å². The molecule has 0 bridgehead atoms. The highest BCUT2D eigenvalue weighted by molar-refractivity contribution is 7.85. The molecule has 17 heavy (non-hydrogen) atoms. The van der Waals surface area contributed by atoms with Crippen molar-refractivity contribution in [2.45, 2.75) is 4.90 Å². The van der Waals surface area contributed by atoms with E-state index in [1.807, 2.05) is 0 Å². The Bertz CT molecular complexity index is 440. The molecule has 0 aliphatic heterocycles. The molecule has 0 aromatic heterocycles. The Morgan fingerprint density at radius 1 is 1.41 bits per heavy atom. The van der Waals surface area contributed by atoms with Gasteiger partial charge in [0.05, 0.1) is 20.7 Å².